The van der Waals surface area contributed by atoms with Gasteiger partial charge in [-0.25, -0.2) is 9.59 Å². The number of carbonyl (C=O) groups is 2. The minimum atomic E-state index is -0.418. The summed E-state index contributed by atoms with van der Waals surface area (Å²) < 4.78 is 11.1. The Kier molecular flexibility index (Phi) is 6.01. The van der Waals surface area contributed by atoms with Gasteiger partial charge < -0.3 is 9.47 Å². The lowest BCUT2D eigenvalue weighted by atomic mass is 9.87. The van der Waals surface area contributed by atoms with E-state index in [9.17, 15) is 9.59 Å². The highest BCUT2D eigenvalue weighted by Gasteiger charge is 2.23. The molecule has 0 saturated heterocycles. The van der Waals surface area contributed by atoms with E-state index < -0.39 is 11.9 Å². The van der Waals surface area contributed by atoms with Crippen molar-refractivity contribution in [3.8, 4) is 0 Å². The number of rotatable bonds is 8. The van der Waals surface area contributed by atoms with Crippen molar-refractivity contribution in [1.82, 2.24) is 4.98 Å². The first-order valence-corrected chi connectivity index (χ1v) is 12.0. The molecule has 172 valence electrons. The summed E-state index contributed by atoms with van der Waals surface area (Å²) in [5.74, 6) is -0.836. The Hall–Kier alpha value is -3.73. The maximum Gasteiger partial charge on any atom is 0.338 e. The predicted molar refractivity (Wildman–Crippen MR) is 136 cm³/mol. The lowest BCUT2D eigenvalue weighted by molar-refractivity contribution is 0.0500. The predicted octanol–water partition coefficient (Wildman–Crippen LogP) is 7.05. The molecule has 34 heavy (non-hydrogen) atoms. The molecular weight excluding hydrogens is 426 g/mol. The smallest absolute Gasteiger partial charge is 0.338 e. The zero-order valence-corrected chi connectivity index (χ0v) is 19.5. The van der Waals surface area contributed by atoms with Crippen LogP contribution in [0.25, 0.3) is 43.2 Å². The third kappa shape index (κ3) is 3.61. The summed E-state index contributed by atoms with van der Waals surface area (Å²) in [5, 5.41) is 6.59. The lowest BCUT2D eigenvalue weighted by Gasteiger charge is -2.18. The number of esters is 2. The molecule has 0 atom stereocenters. The fourth-order valence-corrected chi connectivity index (χ4v) is 4.71. The zero-order valence-electron chi connectivity index (χ0n) is 19.5. The second-order valence-corrected chi connectivity index (χ2v) is 8.61. The molecule has 0 unspecified atom stereocenters. The highest BCUT2D eigenvalue weighted by molar-refractivity contribution is 6.35. The number of hydrogen-bond acceptors (Lipinski definition) is 5. The lowest BCUT2D eigenvalue weighted by Crippen LogP contribution is -2.12. The monoisotopic (exact) mass is 453 g/mol. The fraction of sp³-hybridized carbons (Fsp3) is 0.276. The fourth-order valence-electron chi connectivity index (χ4n) is 4.71. The Morgan fingerprint density at radius 2 is 1.24 bits per heavy atom. The van der Waals surface area contributed by atoms with E-state index in [2.05, 4.69) is 11.1 Å². The van der Waals surface area contributed by atoms with Crippen molar-refractivity contribution >= 4 is 55.2 Å². The first kappa shape index (κ1) is 22.1. The van der Waals surface area contributed by atoms with Gasteiger partial charge in [0.1, 0.15) is 0 Å². The minimum Gasteiger partial charge on any atom is -0.462 e. The van der Waals surface area contributed by atoms with Crippen LogP contribution in [-0.2, 0) is 9.47 Å². The molecule has 0 bridgehead atoms. The number of pyridine rings is 1. The number of nitrogens with zero attached hydrogens (tertiary/aromatic N) is 1. The van der Waals surface area contributed by atoms with Crippen LogP contribution in [0, 0.1) is 0 Å². The molecule has 5 aromatic rings. The van der Waals surface area contributed by atoms with Crippen LogP contribution in [0.1, 0.15) is 60.2 Å². The molecule has 1 heterocycles. The molecule has 0 fully saturated rings. The molecule has 5 nitrogen and oxygen atoms in total. The van der Waals surface area contributed by atoms with Crippen LogP contribution in [0.4, 0.5) is 0 Å². The van der Waals surface area contributed by atoms with Gasteiger partial charge in [0, 0.05) is 17.0 Å². The van der Waals surface area contributed by atoms with E-state index in [0.29, 0.717) is 29.7 Å². The molecule has 1 aromatic heterocycles. The summed E-state index contributed by atoms with van der Waals surface area (Å²) in [5.41, 5.74) is 1.70. The van der Waals surface area contributed by atoms with Crippen LogP contribution in [0.5, 0.6) is 0 Å². The van der Waals surface area contributed by atoms with Gasteiger partial charge in [-0.2, -0.15) is 0 Å². The van der Waals surface area contributed by atoms with Gasteiger partial charge in [-0.1, -0.05) is 51.0 Å². The zero-order chi connectivity index (χ0) is 23.7. The summed E-state index contributed by atoms with van der Waals surface area (Å²) in [6, 6.07) is 15.5. The maximum atomic E-state index is 13.1. The van der Waals surface area contributed by atoms with Crippen molar-refractivity contribution in [1.29, 1.82) is 0 Å². The number of ether oxygens (including phenoxy) is 2. The van der Waals surface area contributed by atoms with E-state index in [4.69, 9.17) is 9.47 Å². The second kappa shape index (κ2) is 9.26. The summed E-state index contributed by atoms with van der Waals surface area (Å²) in [6.45, 7) is 4.80. The van der Waals surface area contributed by atoms with E-state index in [-0.39, 0.29) is 0 Å². The van der Waals surface area contributed by atoms with Gasteiger partial charge in [0.05, 0.1) is 29.9 Å². The maximum absolute atomic E-state index is 13.1. The van der Waals surface area contributed by atoms with Gasteiger partial charge in [-0.15, -0.1) is 0 Å². The molecule has 0 radical (unpaired) electrons. The van der Waals surface area contributed by atoms with Crippen LogP contribution < -0.4 is 0 Å². The number of fused-ring (bicyclic) bond motifs is 2. The van der Waals surface area contributed by atoms with E-state index in [1.54, 1.807) is 18.3 Å². The van der Waals surface area contributed by atoms with E-state index in [0.717, 1.165) is 63.5 Å². The molecular formula is C29H27NO4. The number of unbranched alkanes of at least 4 members (excludes halogenated alkanes) is 2. The molecule has 5 heteroatoms. The summed E-state index contributed by atoms with van der Waals surface area (Å²) >= 11 is 0. The molecule has 0 N–H and O–H groups in total. The molecule has 0 aliphatic heterocycles. The Bertz CT molecular complexity index is 1420. The molecule has 0 amide bonds. The topological polar surface area (TPSA) is 65.5 Å². The number of aromatic nitrogens is 1. The van der Waals surface area contributed by atoms with Gasteiger partial charge in [-0.3, -0.25) is 4.98 Å². The van der Waals surface area contributed by atoms with Crippen molar-refractivity contribution in [2.24, 2.45) is 0 Å². The first-order valence-electron chi connectivity index (χ1n) is 12.0. The van der Waals surface area contributed by atoms with Gasteiger partial charge >= 0.3 is 11.9 Å². The van der Waals surface area contributed by atoms with Crippen molar-refractivity contribution in [2.75, 3.05) is 13.2 Å². The largest absolute Gasteiger partial charge is 0.462 e. The van der Waals surface area contributed by atoms with E-state index in [1.807, 2.05) is 44.2 Å². The highest BCUT2D eigenvalue weighted by atomic mass is 16.5. The van der Waals surface area contributed by atoms with Crippen LogP contribution in [0.2, 0.25) is 0 Å². The SMILES string of the molecule is CCCCOC(=O)c1ccc2c3cccc4nccc(c5ccc(C(=O)OCCCC)c1c25)c43. The normalized spacial score (nSPS) is 11.6. The average molecular weight is 454 g/mol. The third-order valence-electron chi connectivity index (χ3n) is 6.41. The Balaban J connectivity index is 1.82. The molecule has 4 aromatic carbocycles. The Morgan fingerprint density at radius 3 is 1.82 bits per heavy atom. The summed E-state index contributed by atoms with van der Waals surface area (Å²) in [4.78, 5) is 30.8. The molecule has 5 rings (SSSR count). The van der Waals surface area contributed by atoms with Crippen LogP contribution in [0.15, 0.2) is 54.7 Å². The van der Waals surface area contributed by atoms with E-state index >= 15 is 0 Å². The van der Waals surface area contributed by atoms with Crippen LogP contribution >= 0.6 is 0 Å². The summed E-state index contributed by atoms with van der Waals surface area (Å²) in [6.07, 6.45) is 5.25. The van der Waals surface area contributed by atoms with Crippen molar-refractivity contribution < 1.29 is 19.1 Å². The Morgan fingerprint density at radius 1 is 0.676 bits per heavy atom. The quantitative estimate of drug-likeness (QED) is 0.109. The number of benzene rings is 4. The summed E-state index contributed by atoms with van der Waals surface area (Å²) in [7, 11) is 0. The Labute approximate surface area is 198 Å². The van der Waals surface area contributed by atoms with E-state index in [1.165, 1.54) is 0 Å². The first-order chi connectivity index (χ1) is 16.7. The number of carbonyl (C=O) groups excluding carboxylic acids is 2. The highest BCUT2D eigenvalue weighted by Crippen LogP contribution is 2.42. The van der Waals surface area contributed by atoms with Gasteiger partial charge in [-0.05, 0) is 64.0 Å². The minimum absolute atomic E-state index is 0.350. The van der Waals surface area contributed by atoms with Gasteiger partial charge in [0.2, 0.25) is 0 Å². The molecule has 0 aliphatic rings. The average Bonchev–Trinajstić information content (AvgIpc) is 2.86. The molecule has 0 saturated carbocycles. The molecule has 0 spiro atoms. The standard InChI is InChI=1S/C29H27NO4/c1-3-5-16-33-28(31)22-12-10-19-18-8-7-9-24-25(18)21(14-15-30-24)20-11-13-23(27(22)26(19)20)29(32)34-17-6-4-2/h7-15H,3-6,16-17H2,1-2H3. The van der Waals surface area contributed by atoms with Crippen molar-refractivity contribution in [3.63, 3.8) is 0 Å². The van der Waals surface area contributed by atoms with Crippen molar-refractivity contribution in [2.45, 2.75) is 39.5 Å². The van der Waals surface area contributed by atoms with Gasteiger partial charge in [0.25, 0.3) is 0 Å². The molecule has 0 aliphatic carbocycles. The third-order valence-corrected chi connectivity index (χ3v) is 6.41. The van der Waals surface area contributed by atoms with Gasteiger partial charge in [0.15, 0.2) is 0 Å². The van der Waals surface area contributed by atoms with Crippen LogP contribution in [0.3, 0.4) is 0 Å². The number of hydrogen-bond donors (Lipinski definition) is 0. The van der Waals surface area contributed by atoms with Crippen LogP contribution in [-0.4, -0.2) is 30.1 Å². The van der Waals surface area contributed by atoms with Crippen molar-refractivity contribution in [3.05, 3.63) is 65.9 Å². The second-order valence-electron chi connectivity index (χ2n) is 8.61.